The summed E-state index contributed by atoms with van der Waals surface area (Å²) in [5.41, 5.74) is -0.418. The zero-order valence-electron chi connectivity index (χ0n) is 18.2. The third-order valence-corrected chi connectivity index (χ3v) is 9.41. The molecule has 3 saturated heterocycles. The Balaban J connectivity index is 1.97. The number of thioether (sulfide) groups is 1. The second-order valence-electron chi connectivity index (χ2n) is 9.66. The summed E-state index contributed by atoms with van der Waals surface area (Å²) in [4.78, 5) is 41.9. The minimum atomic E-state index is -0.605. The number of alkyl halides is 1. The van der Waals surface area contributed by atoms with Crippen LogP contribution in [0.25, 0.3) is 0 Å². The first-order valence-corrected chi connectivity index (χ1v) is 12.7. The number of amides is 3. The quantitative estimate of drug-likeness (QED) is 0.345. The van der Waals surface area contributed by atoms with E-state index in [0.29, 0.717) is 32.4 Å². The fraction of sp³-hybridized carbons (Fsp3) is 0.857. The van der Waals surface area contributed by atoms with E-state index in [1.165, 1.54) is 0 Å². The Bertz CT molecular complexity index is 700. The number of likely N-dealkylation sites (tertiary alicyclic amines) is 1. The maximum atomic E-state index is 13.6. The predicted molar refractivity (Wildman–Crippen MR) is 121 cm³/mol. The lowest BCUT2D eigenvalue weighted by Crippen LogP contribution is -2.57. The third kappa shape index (κ3) is 4.13. The first-order chi connectivity index (χ1) is 14.1. The molecule has 0 aliphatic carbocycles. The van der Waals surface area contributed by atoms with Gasteiger partial charge in [-0.1, -0.05) is 22.9 Å². The molecule has 3 aliphatic rings. The van der Waals surface area contributed by atoms with Gasteiger partial charge < -0.3 is 20.6 Å². The number of halogens is 1. The lowest BCUT2D eigenvalue weighted by atomic mass is 9.70. The minimum Gasteiger partial charge on any atom is -0.396 e. The van der Waals surface area contributed by atoms with Gasteiger partial charge in [-0.3, -0.25) is 14.4 Å². The molecule has 3 fully saturated rings. The van der Waals surface area contributed by atoms with Gasteiger partial charge in [-0.2, -0.15) is 0 Å². The summed E-state index contributed by atoms with van der Waals surface area (Å²) in [5, 5.41) is 15.2. The van der Waals surface area contributed by atoms with Crippen LogP contribution in [0, 0.1) is 11.8 Å². The topological polar surface area (TPSA) is 98.7 Å². The highest BCUT2D eigenvalue weighted by atomic mass is 79.9. The van der Waals surface area contributed by atoms with Crippen LogP contribution < -0.4 is 10.6 Å². The summed E-state index contributed by atoms with van der Waals surface area (Å²) < 4.78 is -0.599. The zero-order chi connectivity index (χ0) is 22.3. The average molecular weight is 504 g/mol. The number of hydrogen-bond acceptors (Lipinski definition) is 5. The highest BCUT2D eigenvalue weighted by Crippen LogP contribution is 2.67. The largest absolute Gasteiger partial charge is 0.396 e. The van der Waals surface area contributed by atoms with Crippen LogP contribution >= 0.6 is 27.7 Å². The SMILES string of the molecule is CCCNC(=O)[C@H]1[C@@H]2SC3(CC2Br)C(C(=O)NC(C)(C)C)N(CCCCO)C(=O)[C@H]13. The van der Waals surface area contributed by atoms with Gasteiger partial charge in [0, 0.05) is 35.3 Å². The molecule has 0 aromatic heterocycles. The molecule has 3 unspecified atom stereocenters. The number of carbonyl (C=O) groups excluding carboxylic acids is 3. The maximum absolute atomic E-state index is 13.6. The van der Waals surface area contributed by atoms with Gasteiger partial charge in [0.25, 0.3) is 0 Å². The normalized spacial score (nSPS) is 34.9. The molecular weight excluding hydrogens is 470 g/mol. The summed E-state index contributed by atoms with van der Waals surface area (Å²) >= 11 is 5.41. The number of nitrogens with zero attached hydrogens (tertiary/aromatic N) is 1. The van der Waals surface area contributed by atoms with Gasteiger partial charge in [0.2, 0.25) is 17.7 Å². The standard InChI is InChI=1S/C21H34BrN3O4S/c1-5-8-23-17(27)13-14-19(29)25(9-6-7-10-26)16(18(28)24-20(2,3)4)21(14)11-12(22)15(13)30-21/h12-16,26H,5-11H2,1-4H3,(H,23,27)(H,24,28)/t12?,13-,14+,15-,16?,21?/m1/s1. The third-order valence-electron chi connectivity index (χ3n) is 6.19. The molecule has 0 saturated carbocycles. The molecule has 3 N–H and O–H groups in total. The monoisotopic (exact) mass is 503 g/mol. The number of rotatable bonds is 8. The first kappa shape index (κ1) is 23.9. The van der Waals surface area contributed by atoms with Crippen LogP contribution in [-0.2, 0) is 14.4 Å². The van der Waals surface area contributed by atoms with Crippen molar-refractivity contribution in [2.45, 2.75) is 79.8 Å². The molecule has 30 heavy (non-hydrogen) atoms. The summed E-state index contributed by atoms with van der Waals surface area (Å²) in [6, 6.07) is -0.605. The van der Waals surface area contributed by atoms with Crippen molar-refractivity contribution in [3.05, 3.63) is 0 Å². The molecule has 1 spiro atoms. The van der Waals surface area contributed by atoms with Crippen molar-refractivity contribution in [2.24, 2.45) is 11.8 Å². The van der Waals surface area contributed by atoms with Crippen molar-refractivity contribution in [1.29, 1.82) is 0 Å². The number of unbranched alkanes of at least 4 members (excludes halogenated alkanes) is 1. The number of fused-ring (bicyclic) bond motifs is 1. The molecule has 2 bridgehead atoms. The molecule has 0 radical (unpaired) electrons. The Morgan fingerprint density at radius 2 is 2.00 bits per heavy atom. The minimum absolute atomic E-state index is 0.0136. The summed E-state index contributed by atoms with van der Waals surface area (Å²) in [6.45, 7) is 8.85. The van der Waals surface area contributed by atoms with E-state index in [1.54, 1.807) is 16.7 Å². The van der Waals surface area contributed by atoms with Crippen molar-refractivity contribution in [2.75, 3.05) is 19.7 Å². The van der Waals surface area contributed by atoms with E-state index >= 15 is 0 Å². The van der Waals surface area contributed by atoms with Gasteiger partial charge in [-0.15, -0.1) is 11.8 Å². The molecular formula is C21H34BrN3O4S. The van der Waals surface area contributed by atoms with Crippen molar-refractivity contribution in [1.82, 2.24) is 15.5 Å². The fourth-order valence-corrected chi connectivity index (χ4v) is 8.78. The molecule has 3 amide bonds. The van der Waals surface area contributed by atoms with E-state index in [1.807, 2.05) is 27.7 Å². The van der Waals surface area contributed by atoms with Crippen molar-refractivity contribution in [3.63, 3.8) is 0 Å². The Morgan fingerprint density at radius 1 is 1.30 bits per heavy atom. The molecule has 0 aromatic carbocycles. The van der Waals surface area contributed by atoms with Crippen LogP contribution in [0.3, 0.4) is 0 Å². The molecule has 9 heteroatoms. The summed E-state index contributed by atoms with van der Waals surface area (Å²) in [7, 11) is 0. The number of nitrogens with one attached hydrogen (secondary N) is 2. The number of aliphatic hydroxyl groups excluding tert-OH is 1. The highest BCUT2D eigenvalue weighted by molar-refractivity contribution is 9.09. The fourth-order valence-electron chi connectivity index (χ4n) is 5.17. The van der Waals surface area contributed by atoms with Crippen molar-refractivity contribution in [3.8, 4) is 0 Å². The second-order valence-corrected chi connectivity index (χ2v) is 12.4. The Morgan fingerprint density at radius 3 is 2.60 bits per heavy atom. The average Bonchev–Trinajstić information content (AvgIpc) is 3.22. The Hall–Kier alpha value is -0.800. The van der Waals surface area contributed by atoms with Crippen LogP contribution in [0.5, 0.6) is 0 Å². The van der Waals surface area contributed by atoms with E-state index in [4.69, 9.17) is 0 Å². The van der Waals surface area contributed by atoms with Crippen molar-refractivity contribution < 1.29 is 19.5 Å². The van der Waals surface area contributed by atoms with Gasteiger partial charge in [0.15, 0.2) is 0 Å². The molecule has 6 atom stereocenters. The van der Waals surface area contributed by atoms with E-state index in [2.05, 4.69) is 26.6 Å². The molecule has 170 valence electrons. The zero-order valence-corrected chi connectivity index (χ0v) is 20.6. The van der Waals surface area contributed by atoms with Crippen LogP contribution in [0.4, 0.5) is 0 Å². The smallest absolute Gasteiger partial charge is 0.244 e. The molecule has 3 heterocycles. The van der Waals surface area contributed by atoms with E-state index in [9.17, 15) is 19.5 Å². The van der Waals surface area contributed by atoms with Gasteiger partial charge >= 0.3 is 0 Å². The molecule has 3 rings (SSSR count). The van der Waals surface area contributed by atoms with Crippen LogP contribution in [0.1, 0.15) is 53.4 Å². The van der Waals surface area contributed by atoms with Crippen LogP contribution in [0.15, 0.2) is 0 Å². The number of carbonyl (C=O) groups is 3. The Labute approximate surface area is 191 Å². The molecule has 3 aliphatic heterocycles. The van der Waals surface area contributed by atoms with E-state index in [-0.39, 0.29) is 34.4 Å². The van der Waals surface area contributed by atoms with Crippen molar-refractivity contribution >= 4 is 45.4 Å². The maximum Gasteiger partial charge on any atom is 0.244 e. The summed E-state index contributed by atoms with van der Waals surface area (Å²) in [5.74, 6) is -1.23. The summed E-state index contributed by atoms with van der Waals surface area (Å²) in [6.07, 6.45) is 2.73. The van der Waals surface area contributed by atoms with Crippen LogP contribution in [-0.4, -0.2) is 73.8 Å². The van der Waals surface area contributed by atoms with E-state index < -0.39 is 28.2 Å². The number of aliphatic hydroxyl groups is 1. The van der Waals surface area contributed by atoms with Crippen LogP contribution in [0.2, 0.25) is 0 Å². The van der Waals surface area contributed by atoms with Gasteiger partial charge in [0.1, 0.15) is 6.04 Å². The second kappa shape index (κ2) is 8.98. The van der Waals surface area contributed by atoms with Gasteiger partial charge in [-0.25, -0.2) is 0 Å². The lowest BCUT2D eigenvalue weighted by Gasteiger charge is -2.36. The van der Waals surface area contributed by atoms with E-state index in [0.717, 1.165) is 6.42 Å². The Kier molecular flexibility index (Phi) is 7.14. The number of hydrogen-bond donors (Lipinski definition) is 3. The molecule has 7 nitrogen and oxygen atoms in total. The predicted octanol–water partition coefficient (Wildman–Crippen LogP) is 1.66. The lowest BCUT2D eigenvalue weighted by molar-refractivity contribution is -0.140. The molecule has 0 aromatic rings. The highest BCUT2D eigenvalue weighted by Gasteiger charge is 2.75. The first-order valence-electron chi connectivity index (χ1n) is 10.9. The van der Waals surface area contributed by atoms with Gasteiger partial charge in [0.05, 0.1) is 16.6 Å². The van der Waals surface area contributed by atoms with Gasteiger partial charge in [-0.05, 0) is 46.5 Å².